The van der Waals surface area contributed by atoms with E-state index in [1.54, 1.807) is 12.1 Å². The van der Waals surface area contributed by atoms with Gasteiger partial charge in [0.15, 0.2) is 0 Å². The molecule has 2 aliphatic rings. The highest BCUT2D eigenvalue weighted by Crippen LogP contribution is 2.37. The fraction of sp³-hybridized carbons (Fsp3) is 0.556. The molecule has 1 aliphatic carbocycles. The molecule has 1 aliphatic heterocycles. The van der Waals surface area contributed by atoms with Crippen LogP contribution >= 0.6 is 0 Å². The SMILES string of the molecule is COC(=O)c1ccc(CCC(=O)N2CC3CCC(N)C3C2)cc1. The summed E-state index contributed by atoms with van der Waals surface area (Å²) in [7, 11) is 1.37. The van der Waals surface area contributed by atoms with Gasteiger partial charge in [0.1, 0.15) is 0 Å². The van der Waals surface area contributed by atoms with Crippen molar-refractivity contribution in [2.24, 2.45) is 17.6 Å². The smallest absolute Gasteiger partial charge is 0.337 e. The number of hydrogen-bond donors (Lipinski definition) is 1. The first-order valence-electron chi connectivity index (χ1n) is 8.29. The number of rotatable bonds is 4. The third-order valence-electron chi connectivity index (χ3n) is 5.27. The molecule has 2 fully saturated rings. The van der Waals surface area contributed by atoms with Gasteiger partial charge in [0.25, 0.3) is 0 Å². The largest absolute Gasteiger partial charge is 0.465 e. The van der Waals surface area contributed by atoms with Gasteiger partial charge < -0.3 is 15.4 Å². The molecule has 124 valence electrons. The summed E-state index contributed by atoms with van der Waals surface area (Å²) >= 11 is 0. The molecule has 3 atom stereocenters. The minimum atomic E-state index is -0.340. The van der Waals surface area contributed by atoms with Crippen LogP contribution in [0.25, 0.3) is 0 Å². The van der Waals surface area contributed by atoms with Gasteiger partial charge in [0, 0.05) is 25.6 Å². The molecule has 0 bridgehead atoms. The van der Waals surface area contributed by atoms with E-state index in [0.717, 1.165) is 31.5 Å². The third kappa shape index (κ3) is 3.39. The molecule has 0 aromatic heterocycles. The number of ether oxygens (including phenoxy) is 1. The van der Waals surface area contributed by atoms with E-state index in [-0.39, 0.29) is 17.9 Å². The van der Waals surface area contributed by atoms with Crippen molar-refractivity contribution < 1.29 is 14.3 Å². The monoisotopic (exact) mass is 316 g/mol. The first-order chi connectivity index (χ1) is 11.1. The normalized spacial score (nSPS) is 26.2. The van der Waals surface area contributed by atoms with Gasteiger partial charge >= 0.3 is 5.97 Å². The van der Waals surface area contributed by atoms with Gasteiger partial charge in [-0.2, -0.15) is 0 Å². The summed E-state index contributed by atoms with van der Waals surface area (Å²) in [6.45, 7) is 1.70. The Balaban J connectivity index is 1.50. The number of carbonyl (C=O) groups is 2. The van der Waals surface area contributed by atoms with Gasteiger partial charge in [0.2, 0.25) is 5.91 Å². The number of carbonyl (C=O) groups excluding carboxylic acids is 2. The molecule has 5 nitrogen and oxygen atoms in total. The van der Waals surface area contributed by atoms with Crippen LogP contribution in [0.4, 0.5) is 0 Å². The summed E-state index contributed by atoms with van der Waals surface area (Å²) in [5, 5.41) is 0. The van der Waals surface area contributed by atoms with Crippen molar-refractivity contribution in [3.63, 3.8) is 0 Å². The fourth-order valence-electron chi connectivity index (χ4n) is 3.85. The third-order valence-corrected chi connectivity index (χ3v) is 5.27. The molecule has 23 heavy (non-hydrogen) atoms. The van der Waals surface area contributed by atoms with E-state index < -0.39 is 0 Å². The van der Waals surface area contributed by atoms with Crippen LogP contribution in [0.1, 0.15) is 35.2 Å². The van der Waals surface area contributed by atoms with Gasteiger partial charge in [0.05, 0.1) is 12.7 Å². The van der Waals surface area contributed by atoms with Crippen LogP contribution in [-0.4, -0.2) is 43.0 Å². The van der Waals surface area contributed by atoms with Crippen LogP contribution in [0.15, 0.2) is 24.3 Å². The van der Waals surface area contributed by atoms with E-state index in [4.69, 9.17) is 5.73 Å². The average molecular weight is 316 g/mol. The first-order valence-corrected chi connectivity index (χ1v) is 8.29. The predicted octanol–water partition coefficient (Wildman–Crippen LogP) is 1.60. The number of hydrogen-bond acceptors (Lipinski definition) is 4. The molecule has 3 unspecified atom stereocenters. The fourth-order valence-corrected chi connectivity index (χ4v) is 3.85. The Morgan fingerprint density at radius 2 is 1.96 bits per heavy atom. The van der Waals surface area contributed by atoms with E-state index in [0.29, 0.717) is 30.2 Å². The highest BCUT2D eigenvalue weighted by Gasteiger charge is 2.42. The van der Waals surface area contributed by atoms with Gasteiger partial charge in [-0.05, 0) is 48.8 Å². The molecule has 1 heterocycles. The highest BCUT2D eigenvalue weighted by molar-refractivity contribution is 5.89. The Hall–Kier alpha value is -1.88. The topological polar surface area (TPSA) is 72.6 Å². The zero-order chi connectivity index (χ0) is 16.4. The predicted molar refractivity (Wildman–Crippen MR) is 86.9 cm³/mol. The molecule has 0 radical (unpaired) electrons. The summed E-state index contributed by atoms with van der Waals surface area (Å²) in [5.74, 6) is 0.975. The van der Waals surface area contributed by atoms with Gasteiger partial charge in [-0.3, -0.25) is 4.79 Å². The van der Waals surface area contributed by atoms with Crippen molar-refractivity contribution >= 4 is 11.9 Å². The Morgan fingerprint density at radius 3 is 2.61 bits per heavy atom. The van der Waals surface area contributed by atoms with Gasteiger partial charge in [-0.25, -0.2) is 4.79 Å². The lowest BCUT2D eigenvalue weighted by atomic mass is 9.98. The molecule has 1 saturated heterocycles. The molecular formula is C18H24N2O3. The second kappa shape index (κ2) is 6.71. The molecule has 1 saturated carbocycles. The van der Waals surface area contributed by atoms with E-state index in [1.807, 2.05) is 17.0 Å². The number of nitrogens with two attached hydrogens (primary N) is 1. The number of aryl methyl sites for hydroxylation is 1. The maximum absolute atomic E-state index is 12.4. The summed E-state index contributed by atoms with van der Waals surface area (Å²) < 4.78 is 4.68. The maximum atomic E-state index is 12.4. The Bertz CT molecular complexity index is 584. The molecule has 1 amide bonds. The summed E-state index contributed by atoms with van der Waals surface area (Å²) in [6.07, 6.45) is 3.46. The lowest BCUT2D eigenvalue weighted by Crippen LogP contribution is -2.33. The number of benzene rings is 1. The Labute approximate surface area is 136 Å². The lowest BCUT2D eigenvalue weighted by Gasteiger charge is -2.18. The van der Waals surface area contributed by atoms with Crippen molar-refractivity contribution in [2.45, 2.75) is 31.7 Å². The Morgan fingerprint density at radius 1 is 1.22 bits per heavy atom. The highest BCUT2D eigenvalue weighted by atomic mass is 16.5. The quantitative estimate of drug-likeness (QED) is 0.857. The number of nitrogens with zero attached hydrogens (tertiary/aromatic N) is 1. The summed E-state index contributed by atoms with van der Waals surface area (Å²) in [4.78, 5) is 25.8. The lowest BCUT2D eigenvalue weighted by molar-refractivity contribution is -0.130. The maximum Gasteiger partial charge on any atom is 0.337 e. The average Bonchev–Trinajstić information content (AvgIpc) is 3.15. The Kier molecular flexibility index (Phi) is 4.66. The van der Waals surface area contributed by atoms with Crippen LogP contribution in [0.3, 0.4) is 0 Å². The summed E-state index contributed by atoms with van der Waals surface area (Å²) in [5.41, 5.74) is 7.71. The molecule has 1 aromatic rings. The molecule has 3 rings (SSSR count). The molecule has 2 N–H and O–H groups in total. The van der Waals surface area contributed by atoms with Crippen LogP contribution in [0, 0.1) is 11.8 Å². The summed E-state index contributed by atoms with van der Waals surface area (Å²) in [6, 6.07) is 7.52. The van der Waals surface area contributed by atoms with Crippen molar-refractivity contribution in [1.82, 2.24) is 4.90 Å². The second-order valence-electron chi connectivity index (χ2n) is 6.65. The molecule has 1 aromatic carbocycles. The van der Waals surface area contributed by atoms with Gasteiger partial charge in [-0.15, -0.1) is 0 Å². The minimum absolute atomic E-state index is 0.212. The molecule has 0 spiro atoms. The minimum Gasteiger partial charge on any atom is -0.465 e. The van der Waals surface area contributed by atoms with E-state index >= 15 is 0 Å². The van der Waals surface area contributed by atoms with Crippen molar-refractivity contribution in [3.8, 4) is 0 Å². The number of amides is 1. The van der Waals surface area contributed by atoms with Gasteiger partial charge in [-0.1, -0.05) is 12.1 Å². The van der Waals surface area contributed by atoms with E-state index in [9.17, 15) is 9.59 Å². The van der Waals surface area contributed by atoms with Crippen molar-refractivity contribution in [1.29, 1.82) is 0 Å². The second-order valence-corrected chi connectivity index (χ2v) is 6.65. The number of methoxy groups -OCH3 is 1. The van der Waals surface area contributed by atoms with Crippen LogP contribution in [0.2, 0.25) is 0 Å². The number of esters is 1. The number of likely N-dealkylation sites (tertiary alicyclic amines) is 1. The zero-order valence-corrected chi connectivity index (χ0v) is 13.5. The molecule has 5 heteroatoms. The van der Waals surface area contributed by atoms with Crippen LogP contribution in [0.5, 0.6) is 0 Å². The van der Waals surface area contributed by atoms with Crippen molar-refractivity contribution in [2.75, 3.05) is 20.2 Å². The van der Waals surface area contributed by atoms with E-state index in [2.05, 4.69) is 4.74 Å². The van der Waals surface area contributed by atoms with Crippen LogP contribution in [-0.2, 0) is 16.0 Å². The molecular weight excluding hydrogens is 292 g/mol. The van der Waals surface area contributed by atoms with Crippen LogP contribution < -0.4 is 5.73 Å². The zero-order valence-electron chi connectivity index (χ0n) is 13.5. The number of fused-ring (bicyclic) bond motifs is 1. The van der Waals surface area contributed by atoms with E-state index in [1.165, 1.54) is 7.11 Å². The standard InChI is InChI=1S/C18H24N2O3/c1-23-18(22)13-5-2-12(3-6-13)4-9-17(21)20-10-14-7-8-16(19)15(14)11-20/h2-3,5-6,14-16H,4,7-11,19H2,1H3. The first kappa shape index (κ1) is 16.0. The van der Waals surface area contributed by atoms with Crippen molar-refractivity contribution in [3.05, 3.63) is 35.4 Å².